The number of nitrogens with one attached hydrogen (secondary N) is 1. The Bertz CT molecular complexity index is 1280. The van der Waals surface area contributed by atoms with Crippen LogP contribution in [0.1, 0.15) is 33.1 Å². The number of benzene rings is 2. The molecule has 0 aliphatic carbocycles. The SMILES string of the molecule is CC(C)N1CCN(CCOc2cc(O[N+]3(C)CCCCC3)c3c(Nc4ccc(F)c(Cl)c4)ncnc3c2)CC1. The molecule has 1 N–H and O–H groups in total. The van der Waals surface area contributed by atoms with Crippen molar-refractivity contribution < 1.29 is 18.6 Å². The summed E-state index contributed by atoms with van der Waals surface area (Å²) in [6.07, 6.45) is 4.96. The number of piperazine rings is 1. The van der Waals surface area contributed by atoms with Gasteiger partial charge in [0.05, 0.1) is 15.9 Å². The van der Waals surface area contributed by atoms with Gasteiger partial charge in [0.1, 0.15) is 50.5 Å². The summed E-state index contributed by atoms with van der Waals surface area (Å²) in [7, 11) is 2.12. The van der Waals surface area contributed by atoms with Crippen molar-refractivity contribution in [1.29, 1.82) is 0 Å². The highest BCUT2D eigenvalue weighted by molar-refractivity contribution is 6.31. The van der Waals surface area contributed by atoms with Gasteiger partial charge in [0.15, 0.2) is 0 Å². The van der Waals surface area contributed by atoms with Crippen LogP contribution in [-0.2, 0) is 0 Å². The van der Waals surface area contributed by atoms with Gasteiger partial charge >= 0.3 is 0 Å². The molecule has 1 aromatic heterocycles. The molecule has 0 bridgehead atoms. The monoisotopic (exact) mass is 557 g/mol. The van der Waals surface area contributed by atoms with Crippen molar-refractivity contribution in [3.05, 3.63) is 47.5 Å². The first-order valence-corrected chi connectivity index (χ1v) is 14.3. The van der Waals surface area contributed by atoms with Crippen LogP contribution in [0.25, 0.3) is 10.9 Å². The number of fused-ring (bicyclic) bond motifs is 1. The van der Waals surface area contributed by atoms with Gasteiger partial charge in [-0.15, -0.1) is 4.65 Å². The smallest absolute Gasteiger partial charge is 0.206 e. The second kappa shape index (κ2) is 12.2. The molecule has 3 aromatic rings. The summed E-state index contributed by atoms with van der Waals surface area (Å²) in [5.41, 5.74) is 1.34. The molecule has 5 rings (SSSR count). The van der Waals surface area contributed by atoms with E-state index in [1.165, 1.54) is 18.8 Å². The lowest BCUT2D eigenvalue weighted by Crippen LogP contribution is -2.50. The van der Waals surface area contributed by atoms with E-state index in [0.717, 1.165) is 69.8 Å². The molecule has 2 aromatic carbocycles. The first-order valence-electron chi connectivity index (χ1n) is 13.9. The van der Waals surface area contributed by atoms with Gasteiger partial charge < -0.3 is 14.9 Å². The van der Waals surface area contributed by atoms with Crippen LogP contribution in [0.3, 0.4) is 0 Å². The maximum Gasteiger partial charge on any atom is 0.206 e. The highest BCUT2D eigenvalue weighted by Crippen LogP contribution is 2.37. The highest BCUT2D eigenvalue weighted by Gasteiger charge is 2.30. The van der Waals surface area contributed by atoms with Gasteiger partial charge in [0.2, 0.25) is 5.75 Å². The van der Waals surface area contributed by atoms with E-state index < -0.39 is 5.82 Å². The van der Waals surface area contributed by atoms with Gasteiger partial charge in [0.25, 0.3) is 0 Å². The van der Waals surface area contributed by atoms with Crippen LogP contribution in [0.15, 0.2) is 36.7 Å². The van der Waals surface area contributed by atoms with Gasteiger partial charge in [-0.05, 0) is 38.5 Å². The molecule has 0 radical (unpaired) electrons. The van der Waals surface area contributed by atoms with Gasteiger partial charge in [0, 0.05) is 69.4 Å². The lowest BCUT2D eigenvalue weighted by atomic mass is 10.1. The average Bonchev–Trinajstić information content (AvgIpc) is 2.91. The number of nitrogens with zero attached hydrogens (tertiary/aromatic N) is 5. The van der Waals surface area contributed by atoms with E-state index in [0.29, 0.717) is 40.1 Å². The van der Waals surface area contributed by atoms with E-state index in [1.54, 1.807) is 12.1 Å². The summed E-state index contributed by atoms with van der Waals surface area (Å²) in [4.78, 5) is 20.7. The number of quaternary nitrogens is 1. The quantitative estimate of drug-likeness (QED) is 0.349. The summed E-state index contributed by atoms with van der Waals surface area (Å²) >= 11 is 6.03. The van der Waals surface area contributed by atoms with Crippen molar-refractivity contribution in [3.63, 3.8) is 0 Å². The molecule has 10 heteroatoms. The molecule has 0 spiro atoms. The second-order valence-corrected chi connectivity index (χ2v) is 11.4. The molecular formula is C29H39ClFN6O2+. The lowest BCUT2D eigenvalue weighted by Gasteiger charge is -2.36. The Balaban J connectivity index is 1.38. The van der Waals surface area contributed by atoms with E-state index in [1.807, 2.05) is 12.1 Å². The Morgan fingerprint density at radius 3 is 2.54 bits per heavy atom. The topological polar surface area (TPSA) is 62.8 Å². The first-order chi connectivity index (χ1) is 18.8. The van der Waals surface area contributed by atoms with E-state index >= 15 is 0 Å². The predicted molar refractivity (Wildman–Crippen MR) is 153 cm³/mol. The first kappa shape index (κ1) is 27.8. The lowest BCUT2D eigenvalue weighted by molar-refractivity contribution is -1.07. The van der Waals surface area contributed by atoms with Crippen molar-refractivity contribution in [2.45, 2.75) is 39.2 Å². The minimum absolute atomic E-state index is 0.0440. The number of ether oxygens (including phenoxy) is 1. The van der Waals surface area contributed by atoms with E-state index in [4.69, 9.17) is 21.2 Å². The standard InChI is InChI=1S/C29H39ClFN6O2/c1-21(2)36-11-9-35(10-12-36)13-16-38-23-18-26-28(27(19-23)39-37(3)14-5-4-6-15-37)29(33-20-32-26)34-22-7-8-25(31)24(30)17-22/h7-8,17-21H,4-6,9-16H2,1-3H3,(H,32,33,34)/q+1. The Morgan fingerprint density at radius 1 is 1.05 bits per heavy atom. The summed E-state index contributed by atoms with van der Waals surface area (Å²) in [6, 6.07) is 8.98. The number of piperidine rings is 1. The van der Waals surface area contributed by atoms with Gasteiger partial charge in [-0.3, -0.25) is 9.80 Å². The molecular weight excluding hydrogens is 519 g/mol. The highest BCUT2D eigenvalue weighted by atomic mass is 35.5. The van der Waals surface area contributed by atoms with Crippen molar-refractivity contribution in [3.8, 4) is 11.5 Å². The maximum absolute atomic E-state index is 13.7. The fourth-order valence-corrected chi connectivity index (χ4v) is 5.58. The summed E-state index contributed by atoms with van der Waals surface area (Å²) in [5, 5.41) is 4.08. The summed E-state index contributed by atoms with van der Waals surface area (Å²) in [5.74, 6) is 1.48. The Hall–Kier alpha value is -2.72. The average molecular weight is 558 g/mol. The third-order valence-corrected chi connectivity index (χ3v) is 8.04. The Kier molecular flexibility index (Phi) is 8.71. The van der Waals surface area contributed by atoms with Crippen LogP contribution >= 0.6 is 11.6 Å². The zero-order valence-corrected chi connectivity index (χ0v) is 23.9. The number of rotatable bonds is 9. The molecule has 8 nitrogen and oxygen atoms in total. The number of hydrogen-bond acceptors (Lipinski definition) is 7. The number of aromatic nitrogens is 2. The third-order valence-electron chi connectivity index (χ3n) is 7.75. The number of hydroxylamine groups is 3. The van der Waals surface area contributed by atoms with Gasteiger partial charge in [-0.2, -0.15) is 0 Å². The molecule has 0 amide bonds. The molecule has 0 unspecified atom stereocenters. The number of hydrogen-bond donors (Lipinski definition) is 1. The van der Waals surface area contributed by atoms with Crippen LogP contribution in [0.2, 0.25) is 5.02 Å². The summed E-state index contributed by atoms with van der Waals surface area (Å²) in [6.45, 7) is 12.1. The van der Waals surface area contributed by atoms with Gasteiger partial charge in [-0.1, -0.05) is 11.6 Å². The minimum atomic E-state index is -0.468. The molecule has 2 fully saturated rings. The third kappa shape index (κ3) is 6.90. The van der Waals surface area contributed by atoms with Crippen molar-refractivity contribution in [1.82, 2.24) is 19.8 Å². The molecule has 2 aliphatic heterocycles. The molecule has 3 heterocycles. The molecule has 2 aliphatic rings. The Morgan fingerprint density at radius 2 is 1.82 bits per heavy atom. The normalized spacial score (nSPS) is 18.4. The Labute approximate surface area is 235 Å². The fourth-order valence-electron chi connectivity index (χ4n) is 5.40. The zero-order valence-electron chi connectivity index (χ0n) is 23.1. The van der Waals surface area contributed by atoms with E-state index in [2.05, 4.69) is 46.0 Å². The maximum atomic E-state index is 13.7. The molecule has 0 saturated carbocycles. The molecule has 0 atom stereocenters. The number of anilines is 2. The van der Waals surface area contributed by atoms with Crippen LogP contribution < -0.4 is 14.9 Å². The fraction of sp³-hybridized carbons (Fsp3) is 0.517. The minimum Gasteiger partial charge on any atom is -0.492 e. The predicted octanol–water partition coefficient (Wildman–Crippen LogP) is 5.50. The van der Waals surface area contributed by atoms with Crippen molar-refractivity contribution >= 4 is 34.0 Å². The second-order valence-electron chi connectivity index (χ2n) is 11.0. The molecule has 210 valence electrons. The zero-order chi connectivity index (χ0) is 27.4. The van der Waals surface area contributed by atoms with Crippen molar-refractivity contribution in [2.24, 2.45) is 0 Å². The van der Waals surface area contributed by atoms with Crippen LogP contribution in [0.4, 0.5) is 15.9 Å². The van der Waals surface area contributed by atoms with Crippen LogP contribution in [-0.4, -0.2) is 89.9 Å². The molecule has 39 heavy (non-hydrogen) atoms. The number of likely N-dealkylation sites (tertiary alicyclic amines) is 1. The van der Waals surface area contributed by atoms with Crippen LogP contribution in [0.5, 0.6) is 11.5 Å². The largest absolute Gasteiger partial charge is 0.492 e. The van der Waals surface area contributed by atoms with E-state index in [-0.39, 0.29) is 5.02 Å². The van der Waals surface area contributed by atoms with Gasteiger partial charge in [-0.25, -0.2) is 14.4 Å². The number of halogens is 2. The van der Waals surface area contributed by atoms with Crippen molar-refractivity contribution in [2.75, 3.05) is 64.8 Å². The van der Waals surface area contributed by atoms with Crippen LogP contribution in [0, 0.1) is 5.82 Å². The molecule has 2 saturated heterocycles. The summed E-state index contributed by atoms with van der Waals surface area (Å²) < 4.78 is 20.5. The van der Waals surface area contributed by atoms with E-state index in [9.17, 15) is 4.39 Å².